The van der Waals surface area contributed by atoms with E-state index in [4.69, 9.17) is 15.2 Å². The van der Waals surface area contributed by atoms with Crippen LogP contribution in [0.25, 0.3) is 32.3 Å². The Labute approximate surface area is 270 Å². The van der Waals surface area contributed by atoms with Gasteiger partial charge in [-0.2, -0.15) is 0 Å². The standard InChI is InChI=1S/C36H39N4O5P/c1-7-37-21-43-46(40(22(2)3)23(4)5)45-31-19-32(44-24(31)6)39-20-29(35(41)38-36(39)42)16-12-25-11-13-28-15-14-26-9-8-10-27-17-18-30(25)34(28)33(26)27/h8-11,13-15,17-18,20-24,31-32H,7,19H2,1-6H3,(H,38,41,42)/t24-,31-,32-,46?/m1/s1/i6D. The van der Waals surface area contributed by atoms with Gasteiger partial charge in [0.1, 0.15) is 11.8 Å². The van der Waals surface area contributed by atoms with Gasteiger partial charge in [0.05, 0.1) is 12.2 Å². The van der Waals surface area contributed by atoms with Crippen molar-refractivity contribution in [2.24, 2.45) is 4.99 Å². The molecule has 0 radical (unpaired) electrons. The Bertz CT molecular complexity index is 2080. The molecule has 1 aliphatic rings. The van der Waals surface area contributed by atoms with E-state index in [1.807, 2.05) is 19.1 Å². The Morgan fingerprint density at radius 2 is 1.72 bits per heavy atom. The highest BCUT2D eigenvalue weighted by Gasteiger charge is 2.40. The molecule has 6 rings (SSSR count). The minimum Gasteiger partial charge on any atom is -0.425 e. The molecule has 1 N–H and O–H groups in total. The molecule has 1 fully saturated rings. The molecule has 1 unspecified atom stereocenters. The van der Waals surface area contributed by atoms with Crippen LogP contribution in [0.15, 0.2) is 75.4 Å². The summed E-state index contributed by atoms with van der Waals surface area (Å²) >= 11 is 0. The van der Waals surface area contributed by atoms with Gasteiger partial charge in [0.2, 0.25) is 0 Å². The van der Waals surface area contributed by atoms with Gasteiger partial charge in [-0.15, -0.1) is 0 Å². The number of rotatable bonds is 9. The molecule has 0 spiro atoms. The van der Waals surface area contributed by atoms with Crippen molar-refractivity contribution in [3.05, 3.63) is 92.8 Å². The Kier molecular flexibility index (Phi) is 8.88. The van der Waals surface area contributed by atoms with Crippen molar-refractivity contribution in [2.75, 3.05) is 6.54 Å². The lowest BCUT2D eigenvalue weighted by molar-refractivity contribution is -0.00778. The van der Waals surface area contributed by atoms with Gasteiger partial charge in [-0.25, -0.2) is 9.46 Å². The minimum atomic E-state index is -1.57. The molecule has 0 amide bonds. The monoisotopic (exact) mass is 639 g/mol. The first-order valence-electron chi connectivity index (χ1n) is 16.3. The Morgan fingerprint density at radius 1 is 1.04 bits per heavy atom. The van der Waals surface area contributed by atoms with E-state index in [1.54, 1.807) is 0 Å². The van der Waals surface area contributed by atoms with Crippen molar-refractivity contribution >= 4 is 47.2 Å². The number of aromatic amines is 1. The summed E-state index contributed by atoms with van der Waals surface area (Å²) in [6.07, 6.45) is 1.26. The molecule has 0 saturated carbocycles. The van der Waals surface area contributed by atoms with E-state index in [1.165, 1.54) is 22.6 Å². The molecule has 10 heteroatoms. The van der Waals surface area contributed by atoms with Crippen LogP contribution < -0.4 is 11.2 Å². The average molecular weight is 640 g/mol. The van der Waals surface area contributed by atoms with Gasteiger partial charge in [-0.1, -0.05) is 60.4 Å². The number of hydrogen-bond acceptors (Lipinski definition) is 7. The van der Waals surface area contributed by atoms with Gasteiger partial charge < -0.3 is 13.8 Å². The summed E-state index contributed by atoms with van der Waals surface area (Å²) in [5, 5.41) is 6.77. The molecule has 238 valence electrons. The zero-order valence-electron chi connectivity index (χ0n) is 27.7. The minimum absolute atomic E-state index is 0.0732. The lowest BCUT2D eigenvalue weighted by Gasteiger charge is -2.36. The average Bonchev–Trinajstić information content (AvgIpc) is 3.45. The second-order valence-corrected chi connectivity index (χ2v) is 13.3. The van der Waals surface area contributed by atoms with Crippen molar-refractivity contribution in [1.82, 2.24) is 14.2 Å². The zero-order chi connectivity index (χ0) is 33.2. The van der Waals surface area contributed by atoms with Crippen LogP contribution in [-0.2, 0) is 13.8 Å². The smallest absolute Gasteiger partial charge is 0.330 e. The molecule has 0 bridgehead atoms. The van der Waals surface area contributed by atoms with Crippen molar-refractivity contribution in [1.29, 1.82) is 0 Å². The second kappa shape index (κ2) is 13.4. The van der Waals surface area contributed by atoms with E-state index in [-0.39, 0.29) is 31.0 Å². The predicted molar refractivity (Wildman–Crippen MR) is 186 cm³/mol. The fourth-order valence-electron chi connectivity index (χ4n) is 6.12. The molecule has 1 saturated heterocycles. The van der Waals surface area contributed by atoms with Gasteiger partial charge in [0.25, 0.3) is 5.56 Å². The molecule has 4 aromatic carbocycles. The normalized spacial score (nSPS) is 19.6. The first-order chi connectivity index (χ1) is 22.7. The van der Waals surface area contributed by atoms with E-state index < -0.39 is 38.2 Å². The maximum atomic E-state index is 13.1. The van der Waals surface area contributed by atoms with Crippen LogP contribution in [0.2, 0.25) is 0 Å². The molecular formula is C36H39N4O5P. The molecule has 4 atom stereocenters. The maximum Gasteiger partial charge on any atom is 0.330 e. The van der Waals surface area contributed by atoms with E-state index in [9.17, 15) is 9.59 Å². The molecular weight excluding hydrogens is 599 g/mol. The molecule has 1 aliphatic heterocycles. The SMILES string of the molecule is [2H]C[C@H]1O[C@@H](n2cc(C#Cc3ccc4ccc5cccc6ccc3c4c56)c(=O)[nH]c2=O)C[C@H]1OP(OC=NCC)N(C(C)C)C(C)C. The lowest BCUT2D eigenvalue weighted by Crippen LogP contribution is -2.35. The number of ether oxygens (including phenoxy) is 1. The summed E-state index contributed by atoms with van der Waals surface area (Å²) in [6.45, 7) is 10.7. The summed E-state index contributed by atoms with van der Waals surface area (Å²) in [5.41, 5.74) is -0.265. The molecule has 1 aromatic heterocycles. The first-order valence-corrected chi connectivity index (χ1v) is 16.7. The summed E-state index contributed by atoms with van der Waals surface area (Å²) in [7, 11) is -1.57. The third-order valence-corrected chi connectivity index (χ3v) is 10.2. The van der Waals surface area contributed by atoms with Gasteiger partial charge in [0.15, 0.2) is 6.40 Å². The fourth-order valence-corrected chi connectivity index (χ4v) is 7.75. The largest absolute Gasteiger partial charge is 0.425 e. The highest BCUT2D eigenvalue weighted by molar-refractivity contribution is 7.45. The number of benzene rings is 4. The van der Waals surface area contributed by atoms with E-state index in [0.29, 0.717) is 6.54 Å². The van der Waals surface area contributed by atoms with Gasteiger partial charge in [-0.3, -0.25) is 19.3 Å². The summed E-state index contributed by atoms with van der Waals surface area (Å²) in [5.74, 6) is 6.21. The highest BCUT2D eigenvalue weighted by atomic mass is 31.2. The number of hydrogen-bond donors (Lipinski definition) is 1. The van der Waals surface area contributed by atoms with Crippen LogP contribution in [0.4, 0.5) is 0 Å². The van der Waals surface area contributed by atoms with Crippen LogP contribution in [0.5, 0.6) is 0 Å². The van der Waals surface area contributed by atoms with Crippen LogP contribution in [0.3, 0.4) is 0 Å². The van der Waals surface area contributed by atoms with Crippen molar-refractivity contribution in [3.8, 4) is 11.8 Å². The van der Waals surface area contributed by atoms with Gasteiger partial charge in [0, 0.05) is 38.2 Å². The van der Waals surface area contributed by atoms with E-state index in [2.05, 4.69) is 96.6 Å². The predicted octanol–water partition coefficient (Wildman–Crippen LogP) is 6.94. The Hall–Kier alpha value is -4.06. The molecule has 9 nitrogen and oxygen atoms in total. The zero-order valence-corrected chi connectivity index (χ0v) is 27.6. The molecule has 2 heterocycles. The molecule has 46 heavy (non-hydrogen) atoms. The van der Waals surface area contributed by atoms with Crippen molar-refractivity contribution in [2.45, 2.75) is 78.5 Å². The van der Waals surface area contributed by atoms with Crippen LogP contribution >= 0.6 is 8.53 Å². The van der Waals surface area contributed by atoms with Crippen LogP contribution in [0.1, 0.15) is 66.7 Å². The summed E-state index contributed by atoms with van der Waals surface area (Å²) < 4.78 is 30.3. The summed E-state index contributed by atoms with van der Waals surface area (Å²) in [6, 6.07) is 18.9. The third kappa shape index (κ3) is 6.19. The number of nitrogens with one attached hydrogen (secondary N) is 1. The Morgan fingerprint density at radius 3 is 2.41 bits per heavy atom. The van der Waals surface area contributed by atoms with Gasteiger partial charge >= 0.3 is 14.2 Å². The highest BCUT2D eigenvalue weighted by Crippen LogP contribution is 2.49. The number of aromatic nitrogens is 2. The molecule has 0 aliphatic carbocycles. The fraction of sp³-hybridized carbons (Fsp3) is 0.361. The Balaban J connectivity index is 1.31. The van der Waals surface area contributed by atoms with Crippen molar-refractivity contribution in [3.63, 3.8) is 0 Å². The first kappa shape index (κ1) is 30.6. The van der Waals surface area contributed by atoms with E-state index in [0.717, 1.165) is 32.5 Å². The van der Waals surface area contributed by atoms with Crippen LogP contribution in [-0.4, -0.2) is 51.5 Å². The van der Waals surface area contributed by atoms with E-state index >= 15 is 0 Å². The van der Waals surface area contributed by atoms with Crippen LogP contribution in [0, 0.1) is 11.8 Å². The van der Waals surface area contributed by atoms with Crippen molar-refractivity contribution < 1.29 is 15.2 Å². The maximum absolute atomic E-state index is 13.1. The number of H-pyrrole nitrogens is 1. The topological polar surface area (TPSA) is 98.2 Å². The third-order valence-electron chi connectivity index (χ3n) is 8.19. The quantitative estimate of drug-likeness (QED) is 0.0617. The number of nitrogens with zero attached hydrogens (tertiary/aromatic N) is 3. The lowest BCUT2D eigenvalue weighted by atomic mass is 9.92. The van der Waals surface area contributed by atoms with Gasteiger partial charge in [-0.05, 0) is 79.9 Å². The molecule has 5 aromatic rings. The summed E-state index contributed by atoms with van der Waals surface area (Å²) in [4.78, 5) is 32.6. The second-order valence-electron chi connectivity index (χ2n) is 12.0. The number of aliphatic imine (C=N–C) groups is 1.